The Morgan fingerprint density at radius 1 is 1.40 bits per heavy atom. The summed E-state index contributed by atoms with van der Waals surface area (Å²) in [5, 5.41) is 9.03. The van der Waals surface area contributed by atoms with Gasteiger partial charge in [0.15, 0.2) is 0 Å². The molecule has 1 aromatic carbocycles. The van der Waals surface area contributed by atoms with Gasteiger partial charge < -0.3 is 0 Å². The standard InChI is InChI=1S/C16H22ClNOS/c1-4-5-10-16(3,11-12-18)15(17)20(19)14-8-6-13(2)7-9-14/h6-9,15H,4-5,10-11H2,1-3H3/t15?,16-,20?/m0/s1. The Labute approximate surface area is 129 Å². The molecule has 4 heteroatoms. The number of alkyl halides is 1. The van der Waals surface area contributed by atoms with Gasteiger partial charge in [0.05, 0.1) is 16.9 Å². The molecule has 1 rings (SSSR count). The molecule has 0 aromatic heterocycles. The highest BCUT2D eigenvalue weighted by Gasteiger charge is 2.36. The van der Waals surface area contributed by atoms with E-state index >= 15 is 0 Å². The molecule has 0 N–H and O–H groups in total. The van der Waals surface area contributed by atoms with Gasteiger partial charge in [-0.05, 0) is 25.5 Å². The minimum absolute atomic E-state index is 0.332. The Balaban J connectivity index is 2.93. The minimum atomic E-state index is -1.30. The predicted octanol–water partition coefficient (Wildman–Crippen LogP) is 4.78. The number of hydrogen-bond acceptors (Lipinski definition) is 2. The van der Waals surface area contributed by atoms with E-state index in [1.54, 1.807) is 0 Å². The van der Waals surface area contributed by atoms with Gasteiger partial charge in [-0.3, -0.25) is 4.21 Å². The van der Waals surface area contributed by atoms with Crippen molar-refractivity contribution in [2.75, 3.05) is 0 Å². The number of benzene rings is 1. The highest BCUT2D eigenvalue weighted by atomic mass is 35.5. The Morgan fingerprint density at radius 2 is 2.00 bits per heavy atom. The van der Waals surface area contributed by atoms with Crippen LogP contribution in [0.4, 0.5) is 0 Å². The first kappa shape index (κ1) is 17.2. The van der Waals surface area contributed by atoms with Gasteiger partial charge in [-0.1, -0.05) is 44.4 Å². The van der Waals surface area contributed by atoms with Crippen molar-refractivity contribution in [2.24, 2.45) is 5.41 Å². The van der Waals surface area contributed by atoms with Gasteiger partial charge in [0, 0.05) is 16.7 Å². The minimum Gasteiger partial charge on any atom is -0.253 e. The zero-order valence-electron chi connectivity index (χ0n) is 12.4. The van der Waals surface area contributed by atoms with Gasteiger partial charge in [-0.25, -0.2) is 0 Å². The van der Waals surface area contributed by atoms with Crippen LogP contribution >= 0.6 is 11.6 Å². The smallest absolute Gasteiger partial charge is 0.120 e. The zero-order chi connectivity index (χ0) is 15.2. The van der Waals surface area contributed by atoms with E-state index in [2.05, 4.69) is 13.0 Å². The second-order valence-electron chi connectivity index (χ2n) is 5.52. The van der Waals surface area contributed by atoms with Gasteiger partial charge in [-0.2, -0.15) is 5.26 Å². The lowest BCUT2D eigenvalue weighted by Crippen LogP contribution is -2.31. The first-order valence-corrected chi connectivity index (χ1v) is 8.58. The van der Waals surface area contributed by atoms with E-state index in [9.17, 15) is 4.21 Å². The average Bonchev–Trinajstić information content (AvgIpc) is 2.44. The summed E-state index contributed by atoms with van der Waals surface area (Å²) in [6.45, 7) is 6.06. The number of nitriles is 1. The van der Waals surface area contributed by atoms with Crippen molar-refractivity contribution in [1.29, 1.82) is 5.26 Å². The summed E-state index contributed by atoms with van der Waals surface area (Å²) in [6.07, 6.45) is 3.19. The SMILES string of the molecule is CCCC[C@@](C)(CC#N)C(Cl)S(=O)c1ccc(C)cc1. The molecule has 0 radical (unpaired) electrons. The van der Waals surface area contributed by atoms with Crippen LogP contribution in [0.25, 0.3) is 0 Å². The largest absolute Gasteiger partial charge is 0.253 e. The molecule has 0 bridgehead atoms. The first-order chi connectivity index (χ1) is 9.44. The summed E-state index contributed by atoms with van der Waals surface area (Å²) in [6, 6.07) is 9.77. The molecule has 0 saturated heterocycles. The molecule has 0 spiro atoms. The van der Waals surface area contributed by atoms with Crippen LogP contribution in [0, 0.1) is 23.7 Å². The topological polar surface area (TPSA) is 40.9 Å². The van der Waals surface area contributed by atoms with Gasteiger partial charge in [-0.15, -0.1) is 11.6 Å². The van der Waals surface area contributed by atoms with Crippen molar-refractivity contribution in [3.8, 4) is 6.07 Å². The molecule has 20 heavy (non-hydrogen) atoms. The maximum absolute atomic E-state index is 12.6. The molecular formula is C16H22ClNOS. The maximum Gasteiger partial charge on any atom is 0.120 e. The lowest BCUT2D eigenvalue weighted by molar-refractivity contribution is 0.319. The van der Waals surface area contributed by atoms with Crippen LogP contribution in [0.15, 0.2) is 29.2 Å². The Kier molecular flexibility index (Phi) is 6.71. The molecule has 0 aliphatic heterocycles. The van der Waals surface area contributed by atoms with Crippen LogP contribution < -0.4 is 0 Å². The van der Waals surface area contributed by atoms with Crippen LogP contribution in [0.5, 0.6) is 0 Å². The molecular weight excluding hydrogens is 290 g/mol. The van der Waals surface area contributed by atoms with Crippen molar-refractivity contribution in [1.82, 2.24) is 0 Å². The van der Waals surface area contributed by atoms with Gasteiger partial charge in [0.2, 0.25) is 0 Å². The Morgan fingerprint density at radius 3 is 2.50 bits per heavy atom. The quantitative estimate of drug-likeness (QED) is 0.680. The Bertz CT molecular complexity index is 494. The number of aryl methyl sites for hydroxylation is 1. The second-order valence-corrected chi connectivity index (χ2v) is 7.75. The van der Waals surface area contributed by atoms with Crippen LogP contribution in [0.1, 0.15) is 45.1 Å². The number of rotatable bonds is 7. The lowest BCUT2D eigenvalue weighted by atomic mass is 9.84. The van der Waals surface area contributed by atoms with Gasteiger partial charge in [0.1, 0.15) is 4.71 Å². The van der Waals surface area contributed by atoms with Crippen LogP contribution in [-0.4, -0.2) is 8.92 Å². The molecule has 0 aliphatic carbocycles. The average molecular weight is 312 g/mol. The van der Waals surface area contributed by atoms with E-state index in [1.807, 2.05) is 38.1 Å². The van der Waals surface area contributed by atoms with Crippen LogP contribution in [-0.2, 0) is 10.8 Å². The van der Waals surface area contributed by atoms with E-state index in [0.29, 0.717) is 6.42 Å². The van der Waals surface area contributed by atoms with E-state index in [4.69, 9.17) is 16.9 Å². The number of halogens is 1. The first-order valence-electron chi connectivity index (χ1n) is 6.93. The maximum atomic E-state index is 12.6. The van der Waals surface area contributed by atoms with Crippen molar-refractivity contribution < 1.29 is 4.21 Å². The predicted molar refractivity (Wildman–Crippen MR) is 85.1 cm³/mol. The van der Waals surface area contributed by atoms with Crippen molar-refractivity contribution in [3.63, 3.8) is 0 Å². The molecule has 2 unspecified atom stereocenters. The van der Waals surface area contributed by atoms with E-state index in [-0.39, 0.29) is 0 Å². The van der Waals surface area contributed by atoms with Crippen LogP contribution in [0.2, 0.25) is 0 Å². The molecule has 1 aromatic rings. The molecule has 0 aliphatic rings. The fourth-order valence-electron chi connectivity index (χ4n) is 2.09. The van der Waals surface area contributed by atoms with Crippen molar-refractivity contribution in [2.45, 2.75) is 56.1 Å². The highest BCUT2D eigenvalue weighted by Crippen LogP contribution is 2.39. The van der Waals surface area contributed by atoms with Crippen molar-refractivity contribution >= 4 is 22.4 Å². The fraction of sp³-hybridized carbons (Fsp3) is 0.562. The summed E-state index contributed by atoms with van der Waals surface area (Å²) < 4.78 is 12.1. The number of unbranched alkanes of at least 4 members (excludes halogenated alkanes) is 1. The third-order valence-corrected chi connectivity index (χ3v) is 6.27. The van der Waals surface area contributed by atoms with Crippen LogP contribution in [0.3, 0.4) is 0 Å². The van der Waals surface area contributed by atoms with E-state index in [0.717, 1.165) is 29.7 Å². The van der Waals surface area contributed by atoms with Gasteiger partial charge in [0.25, 0.3) is 0 Å². The third kappa shape index (κ3) is 4.33. The third-order valence-electron chi connectivity index (χ3n) is 3.57. The second kappa shape index (κ2) is 7.81. The molecule has 0 heterocycles. The van der Waals surface area contributed by atoms with E-state index < -0.39 is 20.9 Å². The molecule has 0 saturated carbocycles. The lowest BCUT2D eigenvalue weighted by Gasteiger charge is -2.31. The Hall–Kier alpha value is -0.850. The summed E-state index contributed by atoms with van der Waals surface area (Å²) in [5.74, 6) is 0. The molecule has 2 nitrogen and oxygen atoms in total. The molecule has 0 fully saturated rings. The summed E-state index contributed by atoms with van der Waals surface area (Å²) in [4.78, 5) is 0.733. The monoisotopic (exact) mass is 311 g/mol. The molecule has 3 atom stereocenters. The number of nitrogens with zero attached hydrogens (tertiary/aromatic N) is 1. The molecule has 110 valence electrons. The normalized spacial score (nSPS) is 16.9. The zero-order valence-corrected chi connectivity index (χ0v) is 13.9. The van der Waals surface area contributed by atoms with E-state index in [1.165, 1.54) is 0 Å². The van der Waals surface area contributed by atoms with Crippen molar-refractivity contribution in [3.05, 3.63) is 29.8 Å². The van der Waals surface area contributed by atoms with Gasteiger partial charge >= 0.3 is 0 Å². The summed E-state index contributed by atoms with van der Waals surface area (Å²) in [5.41, 5.74) is 0.713. The fourth-order valence-corrected chi connectivity index (χ4v) is 3.95. The number of hydrogen-bond donors (Lipinski definition) is 0. The molecule has 0 amide bonds. The summed E-state index contributed by atoms with van der Waals surface area (Å²) in [7, 11) is -1.30. The highest BCUT2D eigenvalue weighted by molar-refractivity contribution is 7.87. The summed E-state index contributed by atoms with van der Waals surface area (Å²) >= 11 is 6.48.